The summed E-state index contributed by atoms with van der Waals surface area (Å²) in [6.07, 6.45) is -0.862. The van der Waals surface area contributed by atoms with Crippen molar-refractivity contribution in [3.8, 4) is 0 Å². The standard InChI is InChI=1S/C21H28F3NO5S/c1-18(2,3)30-17(26)25-20-11-8-19(9-12-20,10-13-20)14-29-31(27,28)16-6-4-15(5-7-16)21(22,23)24/h4-7H,8-14H2,1-3H3,(H,25,26). The number of alkyl carbamates (subject to hydrolysis) is 1. The molecule has 31 heavy (non-hydrogen) atoms. The highest BCUT2D eigenvalue weighted by Gasteiger charge is 2.50. The van der Waals surface area contributed by atoms with Gasteiger partial charge in [-0.2, -0.15) is 21.6 Å². The summed E-state index contributed by atoms with van der Waals surface area (Å²) in [4.78, 5) is 11.9. The fraction of sp³-hybridized carbons (Fsp3) is 0.667. The molecule has 2 bridgehead atoms. The van der Waals surface area contributed by atoms with Gasteiger partial charge in [0.05, 0.1) is 17.1 Å². The molecule has 10 heteroatoms. The van der Waals surface area contributed by atoms with Crippen molar-refractivity contribution in [1.29, 1.82) is 0 Å². The van der Waals surface area contributed by atoms with E-state index in [1.54, 1.807) is 20.8 Å². The molecule has 0 unspecified atom stereocenters. The molecule has 3 saturated carbocycles. The second-order valence-electron chi connectivity index (χ2n) is 9.65. The van der Waals surface area contributed by atoms with Crippen LogP contribution in [0.4, 0.5) is 18.0 Å². The van der Waals surface area contributed by atoms with E-state index in [0.29, 0.717) is 38.5 Å². The largest absolute Gasteiger partial charge is 0.444 e. The Labute approximate surface area is 180 Å². The summed E-state index contributed by atoms with van der Waals surface area (Å²) in [6.45, 7) is 5.36. The second kappa shape index (κ2) is 7.95. The maximum atomic E-state index is 12.7. The number of amides is 1. The highest BCUT2D eigenvalue weighted by atomic mass is 32.2. The van der Waals surface area contributed by atoms with E-state index in [1.807, 2.05) is 0 Å². The molecule has 0 aliphatic heterocycles. The number of fused-ring (bicyclic) bond motifs is 3. The molecule has 6 nitrogen and oxygen atoms in total. The van der Waals surface area contributed by atoms with E-state index in [1.165, 1.54) is 0 Å². The first-order valence-corrected chi connectivity index (χ1v) is 11.6. The topological polar surface area (TPSA) is 81.7 Å². The number of carbonyl (C=O) groups is 1. The van der Waals surface area contributed by atoms with Crippen molar-refractivity contribution in [2.24, 2.45) is 5.41 Å². The molecule has 0 aromatic heterocycles. The fourth-order valence-corrected chi connectivity index (χ4v) is 5.28. The van der Waals surface area contributed by atoms with Crippen molar-refractivity contribution in [3.63, 3.8) is 0 Å². The van der Waals surface area contributed by atoms with E-state index in [0.717, 1.165) is 24.3 Å². The fourth-order valence-electron chi connectivity index (χ4n) is 4.27. The Kier molecular flexibility index (Phi) is 6.12. The van der Waals surface area contributed by atoms with Crippen molar-refractivity contribution in [3.05, 3.63) is 29.8 Å². The summed E-state index contributed by atoms with van der Waals surface area (Å²) in [5.74, 6) is 0. The van der Waals surface area contributed by atoms with Gasteiger partial charge in [-0.1, -0.05) is 0 Å². The quantitative estimate of drug-likeness (QED) is 0.620. The predicted octanol–water partition coefficient (Wildman–Crippen LogP) is 5.03. The molecular weight excluding hydrogens is 435 g/mol. The number of alkyl halides is 3. The minimum Gasteiger partial charge on any atom is -0.444 e. The van der Waals surface area contributed by atoms with E-state index < -0.39 is 33.6 Å². The van der Waals surface area contributed by atoms with Gasteiger partial charge in [-0.15, -0.1) is 0 Å². The van der Waals surface area contributed by atoms with Crippen LogP contribution in [0, 0.1) is 5.41 Å². The van der Waals surface area contributed by atoms with Crippen LogP contribution in [0.15, 0.2) is 29.2 Å². The highest BCUT2D eigenvalue weighted by molar-refractivity contribution is 7.86. The molecule has 4 rings (SSSR count). The van der Waals surface area contributed by atoms with Gasteiger partial charge in [-0.25, -0.2) is 4.79 Å². The first-order valence-electron chi connectivity index (χ1n) is 10.2. The van der Waals surface area contributed by atoms with Crippen molar-refractivity contribution < 1.29 is 35.3 Å². The molecule has 0 saturated heterocycles. The van der Waals surface area contributed by atoms with Crippen LogP contribution in [0.25, 0.3) is 0 Å². The highest BCUT2D eigenvalue weighted by Crippen LogP contribution is 2.52. The van der Waals surface area contributed by atoms with Crippen LogP contribution in [0.2, 0.25) is 0 Å². The number of rotatable bonds is 5. The van der Waals surface area contributed by atoms with Gasteiger partial charge in [0.25, 0.3) is 10.1 Å². The molecule has 3 aliphatic carbocycles. The normalized spacial score (nSPS) is 26.5. The van der Waals surface area contributed by atoms with E-state index in [4.69, 9.17) is 8.92 Å². The van der Waals surface area contributed by atoms with Gasteiger partial charge in [0.15, 0.2) is 0 Å². The molecule has 1 N–H and O–H groups in total. The van der Waals surface area contributed by atoms with E-state index >= 15 is 0 Å². The maximum Gasteiger partial charge on any atom is 0.416 e. The lowest BCUT2D eigenvalue weighted by molar-refractivity contribution is -0.137. The molecular formula is C21H28F3NO5S. The monoisotopic (exact) mass is 463 g/mol. The van der Waals surface area contributed by atoms with Crippen molar-refractivity contribution >= 4 is 16.2 Å². The van der Waals surface area contributed by atoms with Crippen molar-refractivity contribution in [2.45, 2.75) is 81.5 Å². The lowest BCUT2D eigenvalue weighted by Gasteiger charge is -2.53. The number of benzene rings is 1. The Hall–Kier alpha value is -1.81. The molecule has 0 atom stereocenters. The van der Waals surface area contributed by atoms with Gasteiger partial charge < -0.3 is 10.1 Å². The van der Waals surface area contributed by atoms with Gasteiger partial charge in [-0.3, -0.25) is 4.18 Å². The zero-order valence-electron chi connectivity index (χ0n) is 17.8. The maximum absolute atomic E-state index is 12.7. The smallest absolute Gasteiger partial charge is 0.416 e. The number of ether oxygens (including phenoxy) is 1. The Morgan fingerprint density at radius 3 is 1.97 bits per heavy atom. The first-order chi connectivity index (χ1) is 14.1. The van der Waals surface area contributed by atoms with Crippen molar-refractivity contribution in [1.82, 2.24) is 5.32 Å². The Balaban J connectivity index is 1.58. The molecule has 1 aromatic rings. The van der Waals surface area contributed by atoms with Gasteiger partial charge in [0.2, 0.25) is 0 Å². The third-order valence-corrected chi connectivity index (χ3v) is 7.44. The predicted molar refractivity (Wildman–Crippen MR) is 107 cm³/mol. The van der Waals surface area contributed by atoms with Crippen LogP contribution in [0.3, 0.4) is 0 Å². The zero-order chi connectivity index (χ0) is 23.1. The summed E-state index contributed by atoms with van der Waals surface area (Å²) in [7, 11) is -4.16. The Bertz CT molecular complexity index is 895. The molecule has 1 aromatic carbocycles. The number of halogens is 3. The van der Waals surface area contributed by atoms with Gasteiger partial charge in [-0.05, 0) is 89.0 Å². The van der Waals surface area contributed by atoms with Crippen LogP contribution in [-0.2, 0) is 25.2 Å². The van der Waals surface area contributed by atoms with Gasteiger partial charge >= 0.3 is 12.3 Å². The summed E-state index contributed by atoms with van der Waals surface area (Å²) in [5, 5.41) is 3.00. The number of carbonyl (C=O) groups excluding carboxylic acids is 1. The average molecular weight is 464 g/mol. The van der Waals surface area contributed by atoms with E-state index in [2.05, 4.69) is 5.32 Å². The van der Waals surface area contributed by atoms with Gasteiger partial charge in [0, 0.05) is 5.54 Å². The molecule has 0 spiro atoms. The zero-order valence-corrected chi connectivity index (χ0v) is 18.7. The third kappa shape index (κ3) is 5.71. The summed E-state index contributed by atoms with van der Waals surface area (Å²) >= 11 is 0. The lowest BCUT2D eigenvalue weighted by atomic mass is 9.57. The lowest BCUT2D eigenvalue weighted by Crippen LogP contribution is -2.58. The van der Waals surface area contributed by atoms with Gasteiger partial charge in [0.1, 0.15) is 5.60 Å². The average Bonchev–Trinajstić information content (AvgIpc) is 2.66. The summed E-state index contributed by atoms with van der Waals surface area (Å²) in [6, 6.07) is 3.28. The van der Waals surface area contributed by atoms with Crippen LogP contribution >= 0.6 is 0 Å². The molecule has 3 aliphatic rings. The summed E-state index contributed by atoms with van der Waals surface area (Å²) in [5.41, 5.74) is -2.18. The third-order valence-electron chi connectivity index (χ3n) is 6.16. The second-order valence-corrected chi connectivity index (χ2v) is 11.3. The number of nitrogens with one attached hydrogen (secondary N) is 1. The minimum absolute atomic E-state index is 0.0289. The molecule has 1 amide bonds. The minimum atomic E-state index is -4.54. The molecule has 0 radical (unpaired) electrons. The number of hydrogen-bond acceptors (Lipinski definition) is 5. The van der Waals surface area contributed by atoms with E-state index in [-0.39, 0.29) is 22.5 Å². The van der Waals surface area contributed by atoms with Crippen molar-refractivity contribution in [2.75, 3.05) is 6.61 Å². The van der Waals surface area contributed by atoms with Crippen LogP contribution in [-0.4, -0.2) is 32.3 Å². The molecule has 3 fully saturated rings. The molecule has 0 heterocycles. The SMILES string of the molecule is CC(C)(C)OC(=O)NC12CCC(COS(=O)(=O)c3ccc(C(F)(F)F)cc3)(CC1)CC2. The molecule has 174 valence electrons. The van der Waals surface area contributed by atoms with Crippen LogP contribution in [0.1, 0.15) is 64.9 Å². The van der Waals surface area contributed by atoms with E-state index in [9.17, 15) is 26.4 Å². The number of hydrogen-bond donors (Lipinski definition) is 1. The first kappa shape index (κ1) is 23.8. The summed E-state index contributed by atoms with van der Waals surface area (Å²) < 4.78 is 73.6. The van der Waals surface area contributed by atoms with Crippen LogP contribution < -0.4 is 5.32 Å². The Morgan fingerprint density at radius 2 is 1.52 bits per heavy atom. The van der Waals surface area contributed by atoms with Crippen LogP contribution in [0.5, 0.6) is 0 Å². The Morgan fingerprint density at radius 1 is 1.00 bits per heavy atom.